The van der Waals surface area contributed by atoms with Crippen LogP contribution in [0.25, 0.3) is 0 Å². The van der Waals surface area contributed by atoms with Gasteiger partial charge in [0.25, 0.3) is 0 Å². The zero-order chi connectivity index (χ0) is 14.8. The van der Waals surface area contributed by atoms with Crippen molar-refractivity contribution in [1.82, 2.24) is 9.80 Å². The third-order valence-electron chi connectivity index (χ3n) is 3.93. The molecule has 0 spiro atoms. The summed E-state index contributed by atoms with van der Waals surface area (Å²) < 4.78 is 24.8. The van der Waals surface area contributed by atoms with Crippen LogP contribution in [0.2, 0.25) is 0 Å². The zero-order valence-electron chi connectivity index (χ0n) is 12.2. The molecule has 0 aromatic heterocycles. The fourth-order valence-electron chi connectivity index (χ4n) is 2.40. The van der Waals surface area contributed by atoms with Crippen LogP contribution < -0.4 is 5.73 Å². The Morgan fingerprint density at radius 1 is 1.20 bits per heavy atom. The normalized spacial score (nSPS) is 18.3. The molecule has 6 heteroatoms. The van der Waals surface area contributed by atoms with E-state index in [1.165, 1.54) is 0 Å². The summed E-state index contributed by atoms with van der Waals surface area (Å²) in [6, 6.07) is 5.07. The minimum atomic E-state index is -3.26. The minimum Gasteiger partial charge on any atom is -0.398 e. The van der Waals surface area contributed by atoms with E-state index in [1.807, 2.05) is 0 Å². The monoisotopic (exact) mass is 297 g/mol. The van der Waals surface area contributed by atoms with Crippen LogP contribution in [0.5, 0.6) is 0 Å². The maximum Gasteiger partial charge on any atom is 0.179 e. The fourth-order valence-corrected chi connectivity index (χ4v) is 3.99. The smallest absolute Gasteiger partial charge is 0.179 e. The van der Waals surface area contributed by atoms with Gasteiger partial charge in [-0.15, -0.1) is 0 Å². The zero-order valence-corrected chi connectivity index (χ0v) is 13.0. The van der Waals surface area contributed by atoms with E-state index < -0.39 is 9.84 Å². The van der Waals surface area contributed by atoms with Crippen molar-refractivity contribution in [1.29, 1.82) is 0 Å². The Hall–Kier alpha value is -1.11. The van der Waals surface area contributed by atoms with Gasteiger partial charge in [-0.1, -0.05) is 6.07 Å². The van der Waals surface area contributed by atoms with Crippen molar-refractivity contribution in [3.8, 4) is 0 Å². The number of rotatable bonds is 4. The van der Waals surface area contributed by atoms with Gasteiger partial charge in [-0.05, 0) is 31.7 Å². The lowest BCUT2D eigenvalue weighted by atomic mass is 10.2. The average Bonchev–Trinajstić information content (AvgIpc) is 2.41. The Labute approximate surface area is 121 Å². The molecule has 0 aliphatic carbocycles. The van der Waals surface area contributed by atoms with Crippen molar-refractivity contribution >= 4 is 15.5 Å². The Morgan fingerprint density at radius 3 is 2.50 bits per heavy atom. The molecule has 1 aromatic rings. The third kappa shape index (κ3) is 3.50. The number of likely N-dealkylation sites (N-methyl/N-ethyl adjacent to an activating group) is 1. The third-order valence-corrected chi connectivity index (χ3v) is 5.77. The Bertz CT molecular complexity index is 564. The molecule has 20 heavy (non-hydrogen) atoms. The molecular weight excluding hydrogens is 274 g/mol. The van der Waals surface area contributed by atoms with Crippen molar-refractivity contribution in [2.24, 2.45) is 0 Å². The van der Waals surface area contributed by atoms with Gasteiger partial charge in [-0.2, -0.15) is 0 Å². The highest BCUT2D eigenvalue weighted by Gasteiger charge is 2.21. The number of piperazine rings is 1. The van der Waals surface area contributed by atoms with Crippen molar-refractivity contribution in [3.63, 3.8) is 0 Å². The summed E-state index contributed by atoms with van der Waals surface area (Å²) in [5, 5.41) is 0. The van der Waals surface area contributed by atoms with E-state index in [4.69, 9.17) is 5.73 Å². The molecule has 1 aliphatic heterocycles. The van der Waals surface area contributed by atoms with Gasteiger partial charge in [0.05, 0.1) is 10.6 Å². The van der Waals surface area contributed by atoms with Crippen LogP contribution in [0, 0.1) is 6.92 Å². The molecule has 1 heterocycles. The largest absolute Gasteiger partial charge is 0.398 e. The summed E-state index contributed by atoms with van der Waals surface area (Å²) in [7, 11) is -1.17. The predicted octanol–water partition coefficient (Wildman–Crippen LogP) is 0.598. The summed E-state index contributed by atoms with van der Waals surface area (Å²) in [6.45, 7) is 6.21. The number of anilines is 1. The van der Waals surface area contributed by atoms with Gasteiger partial charge in [-0.25, -0.2) is 8.42 Å². The number of hydrogen-bond acceptors (Lipinski definition) is 5. The number of sulfone groups is 1. The van der Waals surface area contributed by atoms with E-state index >= 15 is 0 Å². The van der Waals surface area contributed by atoms with E-state index in [1.54, 1.807) is 25.1 Å². The summed E-state index contributed by atoms with van der Waals surface area (Å²) in [6.07, 6.45) is 0. The maximum atomic E-state index is 12.4. The van der Waals surface area contributed by atoms with Gasteiger partial charge in [-0.3, -0.25) is 4.90 Å². The van der Waals surface area contributed by atoms with Crippen LogP contribution in [0.15, 0.2) is 23.1 Å². The number of hydrogen-bond donors (Lipinski definition) is 1. The van der Waals surface area contributed by atoms with Gasteiger partial charge in [0.2, 0.25) is 0 Å². The standard InChI is InChI=1S/C14H23N3O2S/c1-12-13(15)4-3-5-14(12)20(18,19)11-10-17-8-6-16(2)7-9-17/h3-5H,6-11,15H2,1-2H3. The SMILES string of the molecule is Cc1c(N)cccc1S(=O)(=O)CCN1CCN(C)CC1. The molecule has 2 rings (SSSR count). The van der Waals surface area contributed by atoms with E-state index in [2.05, 4.69) is 16.8 Å². The first-order valence-electron chi connectivity index (χ1n) is 6.89. The second-order valence-electron chi connectivity index (χ2n) is 5.43. The lowest BCUT2D eigenvalue weighted by molar-refractivity contribution is 0.161. The summed E-state index contributed by atoms with van der Waals surface area (Å²) in [4.78, 5) is 4.83. The molecule has 112 valence electrons. The molecule has 5 nitrogen and oxygen atoms in total. The topological polar surface area (TPSA) is 66.6 Å². The number of nitrogens with zero attached hydrogens (tertiary/aromatic N) is 2. The van der Waals surface area contributed by atoms with Crippen LogP contribution in [0.3, 0.4) is 0 Å². The van der Waals surface area contributed by atoms with Gasteiger partial charge in [0, 0.05) is 38.4 Å². The van der Waals surface area contributed by atoms with Gasteiger partial charge >= 0.3 is 0 Å². The highest BCUT2D eigenvalue weighted by atomic mass is 32.2. The average molecular weight is 297 g/mol. The first-order valence-corrected chi connectivity index (χ1v) is 8.54. The number of benzene rings is 1. The number of nitrogens with two attached hydrogens (primary N) is 1. The number of nitrogen functional groups attached to an aromatic ring is 1. The molecule has 0 radical (unpaired) electrons. The van der Waals surface area contributed by atoms with E-state index in [-0.39, 0.29) is 5.75 Å². The van der Waals surface area contributed by atoms with Crippen LogP contribution in [0.1, 0.15) is 5.56 Å². The second kappa shape index (κ2) is 6.11. The van der Waals surface area contributed by atoms with Crippen LogP contribution in [0.4, 0.5) is 5.69 Å². The quantitative estimate of drug-likeness (QED) is 0.824. The maximum absolute atomic E-state index is 12.4. The van der Waals surface area contributed by atoms with E-state index in [0.717, 1.165) is 26.2 Å². The van der Waals surface area contributed by atoms with Gasteiger partial charge in [0.1, 0.15) is 0 Å². The molecule has 0 atom stereocenters. The lowest BCUT2D eigenvalue weighted by Gasteiger charge is -2.32. The van der Waals surface area contributed by atoms with Crippen molar-refractivity contribution in [2.45, 2.75) is 11.8 Å². The van der Waals surface area contributed by atoms with Crippen LogP contribution in [-0.4, -0.2) is 63.7 Å². The molecule has 0 bridgehead atoms. The first-order chi connectivity index (χ1) is 9.40. The van der Waals surface area contributed by atoms with E-state index in [9.17, 15) is 8.42 Å². The Morgan fingerprint density at radius 2 is 1.85 bits per heavy atom. The van der Waals surface area contributed by atoms with Gasteiger partial charge < -0.3 is 10.6 Å². The highest BCUT2D eigenvalue weighted by Crippen LogP contribution is 2.21. The van der Waals surface area contributed by atoms with E-state index in [0.29, 0.717) is 22.7 Å². The fraction of sp³-hybridized carbons (Fsp3) is 0.571. The molecular formula is C14H23N3O2S. The molecule has 0 saturated carbocycles. The highest BCUT2D eigenvalue weighted by molar-refractivity contribution is 7.91. The summed E-state index contributed by atoms with van der Waals surface area (Å²) in [5.74, 6) is 0.154. The van der Waals surface area contributed by atoms with Crippen molar-refractivity contribution < 1.29 is 8.42 Å². The van der Waals surface area contributed by atoms with Gasteiger partial charge in [0.15, 0.2) is 9.84 Å². The van der Waals surface area contributed by atoms with Crippen molar-refractivity contribution in [2.75, 3.05) is 51.3 Å². The van der Waals surface area contributed by atoms with Crippen molar-refractivity contribution in [3.05, 3.63) is 23.8 Å². The van der Waals surface area contributed by atoms with Crippen LogP contribution in [-0.2, 0) is 9.84 Å². The summed E-state index contributed by atoms with van der Waals surface area (Å²) >= 11 is 0. The molecule has 1 aliphatic rings. The molecule has 1 saturated heterocycles. The molecule has 0 amide bonds. The molecule has 0 unspecified atom stereocenters. The molecule has 1 fully saturated rings. The van der Waals surface area contributed by atoms with Crippen LogP contribution >= 0.6 is 0 Å². The summed E-state index contributed by atoms with van der Waals surface area (Å²) in [5.41, 5.74) is 6.98. The lowest BCUT2D eigenvalue weighted by Crippen LogP contribution is -2.45. The minimum absolute atomic E-state index is 0.154. The molecule has 2 N–H and O–H groups in total. The first kappa shape index (κ1) is 15.3. The second-order valence-corrected chi connectivity index (χ2v) is 7.51. The molecule has 1 aromatic carbocycles. The Balaban J connectivity index is 2.03. The predicted molar refractivity (Wildman–Crippen MR) is 81.6 cm³/mol. The Kier molecular flexibility index (Phi) is 4.67.